The smallest absolute Gasteiger partial charge is 0.293 e. The molecule has 1 heterocycles. The van der Waals surface area contributed by atoms with E-state index in [1.165, 1.54) is 12.1 Å². The number of hydrogen-bond acceptors (Lipinski definition) is 4. The highest BCUT2D eigenvalue weighted by molar-refractivity contribution is 8.18. The van der Waals surface area contributed by atoms with Crippen LogP contribution in [0.25, 0.3) is 6.08 Å². The molecule has 3 rings (SSSR count). The first-order valence-corrected chi connectivity index (χ1v) is 9.19. The number of amides is 3. The van der Waals surface area contributed by atoms with Crippen LogP contribution in [-0.2, 0) is 4.79 Å². The third-order valence-electron chi connectivity index (χ3n) is 3.77. The molecule has 138 valence electrons. The zero-order valence-electron chi connectivity index (χ0n) is 13.9. The molecule has 0 spiro atoms. The number of nitrogens with zero attached hydrogens (tertiary/aromatic N) is 1. The molecule has 1 saturated heterocycles. The molecule has 0 unspecified atom stereocenters. The highest BCUT2D eigenvalue weighted by Gasteiger charge is 2.34. The molecule has 0 aromatic heterocycles. The summed E-state index contributed by atoms with van der Waals surface area (Å²) >= 11 is 6.50. The van der Waals surface area contributed by atoms with Gasteiger partial charge in [-0.25, -0.2) is 4.39 Å². The Labute approximate surface area is 164 Å². The predicted molar refractivity (Wildman–Crippen MR) is 103 cm³/mol. The molecule has 0 saturated carbocycles. The standard InChI is InChI=1S/C19H14ClFN2O3S/c20-13-6-7-14(15(21)11-13)17(24)22-8-9-23-18(25)16(27-19(23)26)10-12-4-2-1-3-5-12/h1-7,10-11H,8-9H2,(H,22,24)/b16-10-. The second kappa shape index (κ2) is 8.37. The van der Waals surface area contributed by atoms with E-state index < -0.39 is 22.9 Å². The summed E-state index contributed by atoms with van der Waals surface area (Å²) in [4.78, 5) is 37.8. The molecule has 3 amide bonds. The monoisotopic (exact) mass is 404 g/mol. The lowest BCUT2D eigenvalue weighted by Crippen LogP contribution is -2.37. The first-order valence-electron chi connectivity index (χ1n) is 7.99. The first-order chi connectivity index (χ1) is 13.0. The summed E-state index contributed by atoms with van der Waals surface area (Å²) < 4.78 is 13.7. The van der Waals surface area contributed by atoms with Crippen LogP contribution in [0, 0.1) is 5.82 Å². The Kier molecular flexibility index (Phi) is 5.93. The minimum Gasteiger partial charge on any atom is -0.350 e. The molecule has 0 bridgehead atoms. The fourth-order valence-corrected chi connectivity index (χ4v) is 3.47. The number of imide groups is 1. The fourth-order valence-electron chi connectivity index (χ4n) is 2.44. The molecule has 0 atom stereocenters. The third-order valence-corrected chi connectivity index (χ3v) is 4.91. The van der Waals surface area contributed by atoms with Gasteiger partial charge in [-0.05, 0) is 41.6 Å². The molecule has 0 radical (unpaired) electrons. The Bertz CT molecular complexity index is 934. The normalized spacial score (nSPS) is 15.5. The van der Waals surface area contributed by atoms with Crippen LogP contribution in [0.4, 0.5) is 9.18 Å². The van der Waals surface area contributed by atoms with Crippen molar-refractivity contribution in [1.82, 2.24) is 10.2 Å². The number of halogens is 2. The SMILES string of the molecule is O=C(NCCN1C(=O)S/C(=C\c2ccccc2)C1=O)c1ccc(Cl)cc1F. The van der Waals surface area contributed by atoms with Crippen molar-refractivity contribution in [2.75, 3.05) is 13.1 Å². The predicted octanol–water partition coefficient (Wildman–Crippen LogP) is 3.95. The van der Waals surface area contributed by atoms with Crippen LogP contribution in [0.1, 0.15) is 15.9 Å². The summed E-state index contributed by atoms with van der Waals surface area (Å²) in [5.41, 5.74) is 0.659. The minimum absolute atomic E-state index is 0.00224. The molecule has 2 aromatic carbocycles. The fraction of sp³-hybridized carbons (Fsp3) is 0.105. The Morgan fingerprint density at radius 3 is 2.63 bits per heavy atom. The van der Waals surface area contributed by atoms with Gasteiger partial charge in [-0.3, -0.25) is 19.3 Å². The number of thioether (sulfide) groups is 1. The second-order valence-corrected chi connectivity index (χ2v) is 7.05. The first kappa shape index (κ1) is 19.1. The lowest BCUT2D eigenvalue weighted by molar-refractivity contribution is -0.122. The quantitative estimate of drug-likeness (QED) is 0.766. The summed E-state index contributed by atoms with van der Waals surface area (Å²) in [6, 6.07) is 12.9. The van der Waals surface area contributed by atoms with E-state index in [0.29, 0.717) is 4.91 Å². The Hall–Kier alpha value is -2.64. The van der Waals surface area contributed by atoms with Crippen LogP contribution in [0.5, 0.6) is 0 Å². The van der Waals surface area contributed by atoms with Crippen molar-refractivity contribution in [3.63, 3.8) is 0 Å². The lowest BCUT2D eigenvalue weighted by atomic mass is 10.2. The number of rotatable bonds is 5. The van der Waals surface area contributed by atoms with Crippen LogP contribution in [0.15, 0.2) is 53.4 Å². The average molecular weight is 405 g/mol. The lowest BCUT2D eigenvalue weighted by Gasteiger charge is -2.13. The largest absolute Gasteiger partial charge is 0.350 e. The third kappa shape index (κ3) is 4.56. The van der Waals surface area contributed by atoms with Gasteiger partial charge in [0.25, 0.3) is 17.1 Å². The molecule has 1 fully saturated rings. The van der Waals surface area contributed by atoms with Gasteiger partial charge in [-0.15, -0.1) is 0 Å². The number of nitrogens with one attached hydrogen (secondary N) is 1. The van der Waals surface area contributed by atoms with Gasteiger partial charge in [-0.2, -0.15) is 0 Å². The Morgan fingerprint density at radius 2 is 1.93 bits per heavy atom. The van der Waals surface area contributed by atoms with E-state index in [1.54, 1.807) is 6.08 Å². The van der Waals surface area contributed by atoms with Crippen LogP contribution in [0.3, 0.4) is 0 Å². The van der Waals surface area contributed by atoms with Crippen molar-refractivity contribution in [1.29, 1.82) is 0 Å². The van der Waals surface area contributed by atoms with E-state index >= 15 is 0 Å². The van der Waals surface area contributed by atoms with Gasteiger partial charge in [0.15, 0.2) is 0 Å². The second-order valence-electron chi connectivity index (χ2n) is 5.62. The van der Waals surface area contributed by atoms with Crippen LogP contribution in [0.2, 0.25) is 5.02 Å². The van der Waals surface area contributed by atoms with Gasteiger partial charge < -0.3 is 5.32 Å². The van der Waals surface area contributed by atoms with E-state index in [-0.39, 0.29) is 23.7 Å². The van der Waals surface area contributed by atoms with Crippen LogP contribution < -0.4 is 5.32 Å². The molecule has 8 heteroatoms. The van der Waals surface area contributed by atoms with E-state index in [4.69, 9.17) is 11.6 Å². The summed E-state index contributed by atoms with van der Waals surface area (Å²) in [7, 11) is 0. The highest BCUT2D eigenvalue weighted by Crippen LogP contribution is 2.31. The summed E-state index contributed by atoms with van der Waals surface area (Å²) in [6.07, 6.45) is 1.65. The summed E-state index contributed by atoms with van der Waals surface area (Å²) in [6.45, 7) is 0.00923. The molecule has 0 aliphatic carbocycles. The zero-order valence-corrected chi connectivity index (χ0v) is 15.5. The van der Waals surface area contributed by atoms with Gasteiger partial charge in [-0.1, -0.05) is 41.9 Å². The molecule has 1 N–H and O–H groups in total. The van der Waals surface area contributed by atoms with Crippen molar-refractivity contribution in [2.24, 2.45) is 0 Å². The average Bonchev–Trinajstić information content (AvgIpc) is 2.89. The van der Waals surface area contributed by atoms with Crippen molar-refractivity contribution in [3.05, 3.63) is 75.4 Å². The van der Waals surface area contributed by atoms with E-state index in [9.17, 15) is 18.8 Å². The molecular weight excluding hydrogens is 391 g/mol. The van der Waals surface area contributed by atoms with Crippen LogP contribution >= 0.6 is 23.4 Å². The van der Waals surface area contributed by atoms with Crippen molar-refractivity contribution < 1.29 is 18.8 Å². The molecule has 27 heavy (non-hydrogen) atoms. The number of carbonyl (C=O) groups is 3. The Balaban J connectivity index is 1.59. The molecule has 5 nitrogen and oxygen atoms in total. The van der Waals surface area contributed by atoms with Gasteiger partial charge >= 0.3 is 0 Å². The Morgan fingerprint density at radius 1 is 1.19 bits per heavy atom. The highest BCUT2D eigenvalue weighted by atomic mass is 35.5. The maximum atomic E-state index is 13.7. The molecular formula is C19H14ClFN2O3S. The minimum atomic E-state index is -0.739. The summed E-state index contributed by atoms with van der Waals surface area (Å²) in [5.74, 6) is -1.80. The van der Waals surface area contributed by atoms with E-state index in [1.807, 2.05) is 30.3 Å². The van der Waals surface area contributed by atoms with Crippen molar-refractivity contribution in [2.45, 2.75) is 0 Å². The number of hydrogen-bond donors (Lipinski definition) is 1. The van der Waals surface area contributed by atoms with Gasteiger partial charge in [0, 0.05) is 18.1 Å². The van der Waals surface area contributed by atoms with Crippen molar-refractivity contribution >= 4 is 46.5 Å². The number of benzene rings is 2. The maximum Gasteiger partial charge on any atom is 0.293 e. The number of carbonyl (C=O) groups excluding carboxylic acids is 3. The van der Waals surface area contributed by atoms with Crippen LogP contribution in [-0.4, -0.2) is 35.0 Å². The van der Waals surface area contributed by atoms with Gasteiger partial charge in [0.05, 0.1) is 10.5 Å². The molecule has 1 aliphatic rings. The van der Waals surface area contributed by atoms with Gasteiger partial charge in [0.2, 0.25) is 0 Å². The van der Waals surface area contributed by atoms with Gasteiger partial charge in [0.1, 0.15) is 5.82 Å². The summed E-state index contributed by atoms with van der Waals surface area (Å²) in [5, 5.41) is 2.27. The van der Waals surface area contributed by atoms with E-state index in [2.05, 4.69) is 5.32 Å². The maximum absolute atomic E-state index is 13.7. The van der Waals surface area contributed by atoms with Crippen molar-refractivity contribution in [3.8, 4) is 0 Å². The zero-order chi connectivity index (χ0) is 19.4. The van der Waals surface area contributed by atoms with E-state index in [0.717, 1.165) is 28.3 Å². The molecule has 1 aliphatic heterocycles. The topological polar surface area (TPSA) is 66.5 Å². The molecule has 2 aromatic rings.